The van der Waals surface area contributed by atoms with Crippen molar-refractivity contribution in [2.24, 2.45) is 5.92 Å². The van der Waals surface area contributed by atoms with Crippen LogP contribution >= 0.6 is 0 Å². The summed E-state index contributed by atoms with van der Waals surface area (Å²) < 4.78 is 34.1. The van der Waals surface area contributed by atoms with Gasteiger partial charge in [0.2, 0.25) is 6.79 Å². The first-order valence-corrected chi connectivity index (χ1v) is 12.7. The number of carbonyl (C=O) groups excluding carboxylic acids is 1. The molecule has 1 aliphatic heterocycles. The Hall–Kier alpha value is -3.75. The molecule has 5 rings (SSSR count). The van der Waals surface area contributed by atoms with Gasteiger partial charge >= 0.3 is 5.97 Å². The van der Waals surface area contributed by atoms with E-state index in [0.29, 0.717) is 42.3 Å². The Morgan fingerprint density at radius 3 is 2.66 bits per heavy atom. The van der Waals surface area contributed by atoms with Gasteiger partial charge in [0.15, 0.2) is 17.8 Å². The first-order chi connectivity index (χ1) is 18.5. The third-order valence-corrected chi connectivity index (χ3v) is 7.00. The molecule has 3 aromatic rings. The van der Waals surface area contributed by atoms with Crippen LogP contribution in [-0.4, -0.2) is 38.4 Å². The van der Waals surface area contributed by atoms with Crippen LogP contribution in [0.3, 0.4) is 0 Å². The van der Waals surface area contributed by atoms with Crippen molar-refractivity contribution in [1.29, 1.82) is 0 Å². The maximum atomic E-state index is 12.8. The Bertz CT molecular complexity index is 1290. The molecule has 0 saturated heterocycles. The van der Waals surface area contributed by atoms with Crippen LogP contribution in [0.25, 0.3) is 0 Å². The summed E-state index contributed by atoms with van der Waals surface area (Å²) in [6.07, 6.45) is -0.0893. The van der Waals surface area contributed by atoms with Crippen molar-refractivity contribution in [3.8, 4) is 23.0 Å². The Labute approximate surface area is 222 Å². The molecule has 0 fully saturated rings. The minimum atomic E-state index is -0.974. The molecule has 0 radical (unpaired) electrons. The molecule has 4 atom stereocenters. The highest BCUT2D eigenvalue weighted by atomic mass is 16.7. The zero-order chi connectivity index (χ0) is 26.6. The molecular formula is C30H32O8. The van der Waals surface area contributed by atoms with Crippen molar-refractivity contribution >= 4 is 5.97 Å². The van der Waals surface area contributed by atoms with E-state index in [4.69, 9.17) is 28.4 Å². The van der Waals surface area contributed by atoms with Crippen LogP contribution in [-0.2, 0) is 27.1 Å². The molecule has 200 valence electrons. The normalized spacial score (nSPS) is 18.9. The topological polar surface area (TPSA) is 92.7 Å². The van der Waals surface area contributed by atoms with Gasteiger partial charge in [-0.3, -0.25) is 4.79 Å². The molecule has 1 aliphatic carbocycles. The predicted octanol–water partition coefficient (Wildman–Crippen LogP) is 4.92. The van der Waals surface area contributed by atoms with Crippen molar-refractivity contribution in [1.82, 2.24) is 0 Å². The van der Waals surface area contributed by atoms with Gasteiger partial charge in [0, 0.05) is 6.07 Å². The molecule has 8 nitrogen and oxygen atoms in total. The lowest BCUT2D eigenvalue weighted by molar-refractivity contribution is -0.153. The third kappa shape index (κ3) is 5.42. The summed E-state index contributed by atoms with van der Waals surface area (Å²) in [6.45, 7) is 1.74. The molecule has 0 spiro atoms. The minimum absolute atomic E-state index is 0.177. The number of ether oxygens (including phenoxy) is 6. The third-order valence-electron chi connectivity index (χ3n) is 7.00. The van der Waals surface area contributed by atoms with Crippen LogP contribution in [0, 0.1) is 5.92 Å². The second-order valence-electron chi connectivity index (χ2n) is 9.42. The van der Waals surface area contributed by atoms with Crippen molar-refractivity contribution in [3.63, 3.8) is 0 Å². The molecule has 0 bridgehead atoms. The van der Waals surface area contributed by atoms with Gasteiger partial charge in [-0.15, -0.1) is 0 Å². The first-order valence-electron chi connectivity index (χ1n) is 12.7. The molecule has 3 aromatic carbocycles. The van der Waals surface area contributed by atoms with Crippen molar-refractivity contribution in [3.05, 3.63) is 82.9 Å². The number of esters is 1. The lowest BCUT2D eigenvalue weighted by atomic mass is 9.98. The Morgan fingerprint density at radius 2 is 1.87 bits per heavy atom. The van der Waals surface area contributed by atoms with Crippen LogP contribution in [0.4, 0.5) is 0 Å². The Morgan fingerprint density at radius 1 is 1.05 bits per heavy atom. The molecule has 1 N–H and O–H groups in total. The maximum Gasteiger partial charge on any atom is 0.312 e. The Balaban J connectivity index is 1.46. The highest BCUT2D eigenvalue weighted by Crippen LogP contribution is 2.45. The van der Waals surface area contributed by atoms with E-state index in [1.165, 1.54) is 7.11 Å². The number of hydrogen-bond acceptors (Lipinski definition) is 8. The number of fused-ring (bicyclic) bond motifs is 2. The fourth-order valence-corrected chi connectivity index (χ4v) is 5.14. The molecule has 0 amide bonds. The smallest absolute Gasteiger partial charge is 0.312 e. The highest BCUT2D eigenvalue weighted by molar-refractivity contribution is 5.75. The van der Waals surface area contributed by atoms with E-state index in [9.17, 15) is 9.90 Å². The summed E-state index contributed by atoms with van der Waals surface area (Å²) in [5.41, 5.74) is 3.89. The second-order valence-corrected chi connectivity index (χ2v) is 9.42. The van der Waals surface area contributed by atoms with Gasteiger partial charge in [0.25, 0.3) is 0 Å². The zero-order valence-corrected chi connectivity index (χ0v) is 21.7. The molecule has 2 unspecified atom stereocenters. The van der Waals surface area contributed by atoms with Crippen LogP contribution in [0.15, 0.2) is 60.7 Å². The van der Waals surface area contributed by atoms with E-state index >= 15 is 0 Å². The zero-order valence-electron chi connectivity index (χ0n) is 21.7. The lowest BCUT2D eigenvalue weighted by Crippen LogP contribution is -2.24. The van der Waals surface area contributed by atoms with Crippen LogP contribution in [0.5, 0.6) is 23.0 Å². The van der Waals surface area contributed by atoms with Gasteiger partial charge in [-0.25, -0.2) is 0 Å². The van der Waals surface area contributed by atoms with E-state index in [1.54, 1.807) is 20.1 Å². The summed E-state index contributed by atoms with van der Waals surface area (Å²) in [7, 11) is 2.99. The van der Waals surface area contributed by atoms with Crippen LogP contribution < -0.4 is 18.9 Å². The molecular weight excluding hydrogens is 488 g/mol. The maximum absolute atomic E-state index is 12.8. The quantitative estimate of drug-likeness (QED) is 0.298. The van der Waals surface area contributed by atoms with Gasteiger partial charge in [-0.2, -0.15) is 0 Å². The number of benzene rings is 3. The standard InChI is InChI=1S/C30H32O8/c1-18(31)37-27-16-22(33-2)11-8-19(27)9-12-25(21-10-13-26-28(15-21)36-17-35-26)38-29-23-7-5-4-6-20(23)14-24(29)30(32)34-3/h4-8,10-11,13,15-16,18,24-25,29,31H,9,12,14,17H2,1-3H3/t18?,24-,25?,29+/m0/s1. The van der Waals surface area contributed by atoms with Gasteiger partial charge < -0.3 is 33.5 Å². The number of hydrogen-bond donors (Lipinski definition) is 1. The van der Waals surface area contributed by atoms with Gasteiger partial charge in [0.05, 0.1) is 32.3 Å². The number of carbonyl (C=O) groups is 1. The van der Waals surface area contributed by atoms with Crippen molar-refractivity contribution < 1.29 is 38.3 Å². The molecule has 2 aliphatic rings. The van der Waals surface area contributed by atoms with Crippen molar-refractivity contribution in [2.75, 3.05) is 21.0 Å². The molecule has 1 heterocycles. The number of aliphatic hydroxyl groups is 1. The highest BCUT2D eigenvalue weighted by Gasteiger charge is 2.40. The number of rotatable bonds is 10. The second kappa shape index (κ2) is 11.3. The lowest BCUT2D eigenvalue weighted by Gasteiger charge is -2.27. The number of aliphatic hydroxyl groups excluding tert-OH is 1. The summed E-state index contributed by atoms with van der Waals surface area (Å²) in [5.74, 6) is 1.80. The minimum Gasteiger partial charge on any atom is -0.497 e. The van der Waals surface area contributed by atoms with E-state index in [0.717, 1.165) is 22.3 Å². The molecule has 0 aromatic heterocycles. The summed E-state index contributed by atoms with van der Waals surface area (Å²) in [4.78, 5) is 12.8. The predicted molar refractivity (Wildman–Crippen MR) is 138 cm³/mol. The SMILES string of the molecule is COC(=O)[C@H]1Cc2ccccc2[C@H]1OC(CCc1ccc(OC)cc1OC(C)O)c1ccc2c(c1)OCO2. The molecule has 38 heavy (non-hydrogen) atoms. The first kappa shape index (κ1) is 25.9. The van der Waals surface area contributed by atoms with Crippen LogP contribution in [0.1, 0.15) is 47.8 Å². The monoisotopic (exact) mass is 520 g/mol. The Kier molecular flexibility index (Phi) is 7.72. The number of aryl methyl sites for hydroxylation is 1. The van der Waals surface area contributed by atoms with E-state index in [-0.39, 0.29) is 18.9 Å². The fraction of sp³-hybridized carbons (Fsp3) is 0.367. The largest absolute Gasteiger partial charge is 0.497 e. The van der Waals surface area contributed by atoms with Gasteiger partial charge in [-0.05, 0) is 66.6 Å². The average molecular weight is 521 g/mol. The molecule has 8 heteroatoms. The van der Waals surface area contributed by atoms with Crippen molar-refractivity contribution in [2.45, 2.75) is 44.7 Å². The van der Waals surface area contributed by atoms with E-state index < -0.39 is 18.3 Å². The summed E-state index contributed by atoms with van der Waals surface area (Å²) >= 11 is 0. The summed E-state index contributed by atoms with van der Waals surface area (Å²) in [5, 5.41) is 9.87. The summed E-state index contributed by atoms with van der Waals surface area (Å²) in [6, 6.07) is 19.3. The van der Waals surface area contributed by atoms with E-state index in [2.05, 4.69) is 0 Å². The van der Waals surface area contributed by atoms with Gasteiger partial charge in [0.1, 0.15) is 11.5 Å². The average Bonchev–Trinajstić information content (AvgIpc) is 3.55. The van der Waals surface area contributed by atoms with Gasteiger partial charge in [-0.1, -0.05) is 36.4 Å². The number of methoxy groups -OCH3 is 2. The fourth-order valence-electron chi connectivity index (χ4n) is 5.14. The molecule has 0 saturated carbocycles. The van der Waals surface area contributed by atoms with E-state index in [1.807, 2.05) is 54.6 Å². The van der Waals surface area contributed by atoms with Crippen LogP contribution in [0.2, 0.25) is 0 Å².